The van der Waals surface area contributed by atoms with Crippen molar-refractivity contribution in [2.24, 2.45) is 0 Å². The molecular formula is C53H102O6. The van der Waals surface area contributed by atoms with Crippen LogP contribution in [0.25, 0.3) is 0 Å². The molecule has 0 spiro atoms. The summed E-state index contributed by atoms with van der Waals surface area (Å²) in [6, 6.07) is 0. The van der Waals surface area contributed by atoms with E-state index < -0.39 is 6.10 Å². The molecule has 0 aromatic rings. The highest BCUT2D eigenvalue weighted by Gasteiger charge is 2.19. The summed E-state index contributed by atoms with van der Waals surface area (Å²) in [5.74, 6) is -0.839. The van der Waals surface area contributed by atoms with Crippen LogP contribution in [0.2, 0.25) is 0 Å². The average molecular weight is 835 g/mol. The lowest BCUT2D eigenvalue weighted by molar-refractivity contribution is -0.167. The van der Waals surface area contributed by atoms with E-state index in [-0.39, 0.29) is 31.1 Å². The number of carbonyl (C=O) groups excluding carboxylic acids is 3. The maximum absolute atomic E-state index is 12.8. The largest absolute Gasteiger partial charge is 0.462 e. The van der Waals surface area contributed by atoms with Crippen molar-refractivity contribution in [3.05, 3.63) is 0 Å². The second-order valence-electron chi connectivity index (χ2n) is 18.2. The van der Waals surface area contributed by atoms with Gasteiger partial charge in [-0.15, -0.1) is 0 Å². The highest BCUT2D eigenvalue weighted by Crippen LogP contribution is 2.17. The first-order valence-corrected chi connectivity index (χ1v) is 26.5. The van der Waals surface area contributed by atoms with Gasteiger partial charge in [0.15, 0.2) is 6.10 Å². The third kappa shape index (κ3) is 47.3. The van der Waals surface area contributed by atoms with Crippen LogP contribution >= 0.6 is 0 Å². The number of unbranched alkanes of at least 4 members (excludes halogenated alkanes) is 38. The second kappa shape index (κ2) is 49.1. The Labute approximate surface area is 368 Å². The van der Waals surface area contributed by atoms with Crippen LogP contribution in [0, 0.1) is 0 Å². The standard InChI is InChI=1S/C53H102O6/c1-4-7-10-13-16-19-22-25-26-27-29-32-34-37-40-43-46-52(55)58-49-50(59-53(56)47-44-41-38-35-30-24-21-18-15-12-9-6-3)48-57-51(54)45-42-39-36-33-31-28-23-20-17-14-11-8-5-2/h50H,4-49H2,1-3H3/t50-/m1/s1. The molecule has 350 valence electrons. The molecule has 0 radical (unpaired) electrons. The van der Waals surface area contributed by atoms with E-state index in [0.717, 1.165) is 57.8 Å². The van der Waals surface area contributed by atoms with Crippen LogP contribution in [0.3, 0.4) is 0 Å². The first-order chi connectivity index (χ1) is 29.0. The van der Waals surface area contributed by atoms with E-state index in [1.54, 1.807) is 0 Å². The maximum atomic E-state index is 12.8. The van der Waals surface area contributed by atoms with E-state index in [4.69, 9.17) is 14.2 Å². The van der Waals surface area contributed by atoms with E-state index in [1.807, 2.05) is 0 Å². The Morgan fingerprint density at radius 1 is 0.271 bits per heavy atom. The van der Waals surface area contributed by atoms with E-state index in [1.165, 1.54) is 205 Å². The SMILES string of the molecule is CCCCCCCCCCCCCCCCCCC(=O)OC[C@@H](COC(=O)CCCCCCCCCCCCCCC)OC(=O)CCCCCCCCCCCCCC. The van der Waals surface area contributed by atoms with Gasteiger partial charge in [0, 0.05) is 19.3 Å². The molecule has 0 rings (SSSR count). The fraction of sp³-hybridized carbons (Fsp3) is 0.943. The van der Waals surface area contributed by atoms with Gasteiger partial charge < -0.3 is 14.2 Å². The van der Waals surface area contributed by atoms with Crippen LogP contribution in [0.5, 0.6) is 0 Å². The maximum Gasteiger partial charge on any atom is 0.306 e. The van der Waals surface area contributed by atoms with Crippen LogP contribution in [-0.4, -0.2) is 37.2 Å². The van der Waals surface area contributed by atoms with Crippen molar-refractivity contribution < 1.29 is 28.6 Å². The molecule has 0 heterocycles. The zero-order chi connectivity index (χ0) is 43.0. The van der Waals surface area contributed by atoms with Crippen molar-refractivity contribution in [1.82, 2.24) is 0 Å². The van der Waals surface area contributed by atoms with Crippen molar-refractivity contribution in [2.75, 3.05) is 13.2 Å². The lowest BCUT2D eigenvalue weighted by Gasteiger charge is -2.18. The fourth-order valence-corrected chi connectivity index (χ4v) is 8.09. The van der Waals surface area contributed by atoms with Crippen LogP contribution < -0.4 is 0 Å². The summed E-state index contributed by atoms with van der Waals surface area (Å²) >= 11 is 0. The van der Waals surface area contributed by atoms with Gasteiger partial charge in [0.1, 0.15) is 13.2 Å². The van der Waals surface area contributed by atoms with Gasteiger partial charge >= 0.3 is 17.9 Å². The lowest BCUT2D eigenvalue weighted by Crippen LogP contribution is -2.30. The van der Waals surface area contributed by atoms with Crippen molar-refractivity contribution in [3.8, 4) is 0 Å². The Morgan fingerprint density at radius 2 is 0.458 bits per heavy atom. The number of ether oxygens (including phenoxy) is 3. The van der Waals surface area contributed by atoms with Gasteiger partial charge in [-0.25, -0.2) is 0 Å². The predicted octanol–water partition coefficient (Wildman–Crippen LogP) is 17.2. The van der Waals surface area contributed by atoms with Gasteiger partial charge in [-0.2, -0.15) is 0 Å². The first-order valence-electron chi connectivity index (χ1n) is 26.5. The topological polar surface area (TPSA) is 78.9 Å². The molecule has 0 saturated heterocycles. The van der Waals surface area contributed by atoms with E-state index >= 15 is 0 Å². The fourth-order valence-electron chi connectivity index (χ4n) is 8.09. The second-order valence-corrected chi connectivity index (χ2v) is 18.2. The van der Waals surface area contributed by atoms with Crippen molar-refractivity contribution in [1.29, 1.82) is 0 Å². The molecule has 0 N–H and O–H groups in total. The molecule has 0 aliphatic carbocycles. The molecule has 59 heavy (non-hydrogen) atoms. The van der Waals surface area contributed by atoms with Crippen molar-refractivity contribution in [2.45, 2.75) is 309 Å². The lowest BCUT2D eigenvalue weighted by atomic mass is 10.0. The molecule has 0 bridgehead atoms. The molecule has 1 atom stereocenters. The molecule has 6 heteroatoms. The molecule has 0 amide bonds. The molecule has 0 aliphatic rings. The van der Waals surface area contributed by atoms with E-state index in [2.05, 4.69) is 20.8 Å². The van der Waals surface area contributed by atoms with Crippen molar-refractivity contribution in [3.63, 3.8) is 0 Å². The summed E-state index contributed by atoms with van der Waals surface area (Å²) in [5, 5.41) is 0. The van der Waals surface area contributed by atoms with E-state index in [9.17, 15) is 14.4 Å². The molecule has 0 aromatic carbocycles. The summed E-state index contributed by atoms with van der Waals surface area (Å²) in [6.45, 7) is 6.68. The Bertz CT molecular complexity index is 874. The van der Waals surface area contributed by atoms with E-state index in [0.29, 0.717) is 19.3 Å². The minimum absolute atomic E-state index is 0.0616. The van der Waals surface area contributed by atoms with Crippen molar-refractivity contribution >= 4 is 17.9 Å². The van der Waals surface area contributed by atoms with Gasteiger partial charge in [-0.1, -0.05) is 265 Å². The molecule has 6 nitrogen and oxygen atoms in total. The highest BCUT2D eigenvalue weighted by molar-refractivity contribution is 5.71. The summed E-state index contributed by atoms with van der Waals surface area (Å²) in [6.07, 6.45) is 52.2. The monoisotopic (exact) mass is 835 g/mol. The minimum atomic E-state index is -0.759. The average Bonchev–Trinajstić information content (AvgIpc) is 3.23. The molecule has 0 unspecified atom stereocenters. The molecule has 0 saturated carbocycles. The number of hydrogen-bond acceptors (Lipinski definition) is 6. The number of rotatable bonds is 49. The summed E-state index contributed by atoms with van der Waals surface area (Å²) in [4.78, 5) is 37.9. The minimum Gasteiger partial charge on any atom is -0.462 e. The van der Waals surface area contributed by atoms with Crippen LogP contribution in [-0.2, 0) is 28.6 Å². The van der Waals surface area contributed by atoms with Crippen LogP contribution in [0.4, 0.5) is 0 Å². The smallest absolute Gasteiger partial charge is 0.306 e. The summed E-state index contributed by atoms with van der Waals surface area (Å²) in [5.41, 5.74) is 0. The summed E-state index contributed by atoms with van der Waals surface area (Å²) < 4.78 is 16.8. The number of hydrogen-bond donors (Lipinski definition) is 0. The predicted molar refractivity (Wildman–Crippen MR) is 252 cm³/mol. The molecule has 0 fully saturated rings. The first kappa shape index (κ1) is 57.4. The Hall–Kier alpha value is -1.59. The molecular weight excluding hydrogens is 733 g/mol. The van der Waals surface area contributed by atoms with Gasteiger partial charge in [0.25, 0.3) is 0 Å². The quantitative estimate of drug-likeness (QED) is 0.0345. The number of carbonyl (C=O) groups is 3. The Kier molecular flexibility index (Phi) is 47.7. The van der Waals surface area contributed by atoms with Gasteiger partial charge in [-0.05, 0) is 19.3 Å². The van der Waals surface area contributed by atoms with Gasteiger partial charge in [-0.3, -0.25) is 14.4 Å². The van der Waals surface area contributed by atoms with Crippen LogP contribution in [0.1, 0.15) is 303 Å². The Balaban J connectivity index is 4.28. The van der Waals surface area contributed by atoms with Gasteiger partial charge in [0.2, 0.25) is 0 Å². The summed E-state index contributed by atoms with van der Waals surface area (Å²) in [7, 11) is 0. The molecule has 0 aromatic heterocycles. The molecule has 0 aliphatic heterocycles. The van der Waals surface area contributed by atoms with Crippen LogP contribution in [0.15, 0.2) is 0 Å². The third-order valence-corrected chi connectivity index (χ3v) is 12.1. The normalized spacial score (nSPS) is 11.8. The Morgan fingerprint density at radius 3 is 0.678 bits per heavy atom. The zero-order valence-electron chi connectivity index (χ0n) is 40.1. The number of esters is 3. The highest BCUT2D eigenvalue weighted by atomic mass is 16.6. The third-order valence-electron chi connectivity index (χ3n) is 12.1. The van der Waals surface area contributed by atoms with Gasteiger partial charge in [0.05, 0.1) is 0 Å². The zero-order valence-corrected chi connectivity index (χ0v) is 40.1.